The van der Waals surface area contributed by atoms with Gasteiger partial charge in [-0.2, -0.15) is 5.10 Å². The number of allylic oxidation sites excluding steroid dienone is 1. The maximum atomic E-state index is 5.97. The second-order valence-corrected chi connectivity index (χ2v) is 9.86. The lowest BCUT2D eigenvalue weighted by atomic mass is 10.0. The van der Waals surface area contributed by atoms with E-state index in [9.17, 15) is 0 Å². The van der Waals surface area contributed by atoms with E-state index in [1.165, 1.54) is 12.8 Å². The molecule has 1 atom stereocenters. The molecule has 0 N–H and O–H groups in total. The molecule has 6 rings (SSSR count). The van der Waals surface area contributed by atoms with Crippen LogP contribution in [0.1, 0.15) is 56.1 Å². The van der Waals surface area contributed by atoms with Crippen LogP contribution in [0.5, 0.6) is 0 Å². The molecular weight excluding hydrogens is 428 g/mol. The normalized spacial score (nSPS) is 23.3. The Morgan fingerprint density at radius 2 is 1.97 bits per heavy atom. The molecule has 2 aromatic rings. The Morgan fingerprint density at radius 3 is 2.74 bits per heavy atom. The maximum absolute atomic E-state index is 5.97. The van der Waals surface area contributed by atoms with E-state index >= 15 is 0 Å². The molecule has 8 heteroatoms. The third kappa shape index (κ3) is 4.63. The molecule has 0 bridgehead atoms. The summed E-state index contributed by atoms with van der Waals surface area (Å²) in [6.45, 7) is 6.32. The van der Waals surface area contributed by atoms with Gasteiger partial charge in [0.25, 0.3) is 0 Å². The molecule has 8 nitrogen and oxygen atoms in total. The van der Waals surface area contributed by atoms with Crippen LogP contribution in [0.2, 0.25) is 0 Å². The van der Waals surface area contributed by atoms with Gasteiger partial charge in [-0.1, -0.05) is 11.1 Å². The van der Waals surface area contributed by atoms with Crippen molar-refractivity contribution in [3.63, 3.8) is 0 Å². The molecule has 4 aliphatic rings. The fourth-order valence-corrected chi connectivity index (χ4v) is 5.40. The monoisotopic (exact) mass is 463 g/mol. The Morgan fingerprint density at radius 1 is 1.09 bits per heavy atom. The fourth-order valence-electron chi connectivity index (χ4n) is 5.40. The number of fused-ring (bicyclic) bond motifs is 1. The number of rotatable bonds is 6. The van der Waals surface area contributed by atoms with Crippen molar-refractivity contribution in [2.24, 2.45) is 0 Å². The van der Waals surface area contributed by atoms with Gasteiger partial charge in [0.05, 0.1) is 24.2 Å². The average Bonchev–Trinajstić information content (AvgIpc) is 3.63. The minimum atomic E-state index is 0.0278. The second-order valence-electron chi connectivity index (χ2n) is 9.86. The van der Waals surface area contributed by atoms with Gasteiger partial charge in [0.1, 0.15) is 11.9 Å². The lowest BCUT2D eigenvalue weighted by Gasteiger charge is -2.33. The Labute approximate surface area is 202 Å². The van der Waals surface area contributed by atoms with E-state index in [1.807, 2.05) is 10.9 Å². The molecule has 34 heavy (non-hydrogen) atoms. The van der Waals surface area contributed by atoms with Crippen molar-refractivity contribution in [1.29, 1.82) is 0 Å². The molecule has 1 saturated carbocycles. The van der Waals surface area contributed by atoms with Crippen molar-refractivity contribution < 1.29 is 9.47 Å². The molecule has 181 valence electrons. The molecule has 3 aliphatic heterocycles. The molecule has 5 heterocycles. The topological polar surface area (TPSA) is 68.5 Å². The maximum Gasteiger partial charge on any atom is 0.155 e. The summed E-state index contributed by atoms with van der Waals surface area (Å²) in [5.74, 6) is 1.03. The highest BCUT2D eigenvalue weighted by Crippen LogP contribution is 2.38. The summed E-state index contributed by atoms with van der Waals surface area (Å²) in [6.07, 6.45) is 14.2. The van der Waals surface area contributed by atoms with Gasteiger partial charge in [-0.05, 0) is 44.9 Å². The van der Waals surface area contributed by atoms with E-state index in [0.717, 1.165) is 107 Å². The van der Waals surface area contributed by atoms with Gasteiger partial charge in [0.2, 0.25) is 0 Å². The Kier molecular flexibility index (Phi) is 6.37. The number of aromatic nitrogens is 4. The summed E-state index contributed by atoms with van der Waals surface area (Å²) in [6, 6.07) is 0. The number of piperidine rings is 1. The highest BCUT2D eigenvalue weighted by Gasteiger charge is 2.28. The van der Waals surface area contributed by atoms with Crippen molar-refractivity contribution in [3.05, 3.63) is 41.3 Å². The SMILES string of the molecule is COCCN1CCc2nc(N3CCC(=C4[CH]C4)CC3)c(-c3cnn(C4CCCCO4)c3)nc2C1. The van der Waals surface area contributed by atoms with Gasteiger partial charge >= 0.3 is 0 Å². The van der Waals surface area contributed by atoms with Gasteiger partial charge in [-0.25, -0.2) is 14.6 Å². The third-order valence-electron chi connectivity index (χ3n) is 7.54. The zero-order valence-corrected chi connectivity index (χ0v) is 20.2. The number of methoxy groups -OCH3 is 1. The summed E-state index contributed by atoms with van der Waals surface area (Å²) in [7, 11) is 1.76. The van der Waals surface area contributed by atoms with Crippen LogP contribution in [-0.2, 0) is 22.4 Å². The molecule has 1 radical (unpaired) electrons. The molecule has 1 aliphatic carbocycles. The van der Waals surface area contributed by atoms with Gasteiger partial charge in [-0.15, -0.1) is 0 Å². The molecule has 3 fully saturated rings. The third-order valence-corrected chi connectivity index (χ3v) is 7.54. The van der Waals surface area contributed by atoms with Crippen molar-refractivity contribution in [1.82, 2.24) is 24.6 Å². The summed E-state index contributed by atoms with van der Waals surface area (Å²) < 4.78 is 13.2. The summed E-state index contributed by atoms with van der Waals surface area (Å²) in [4.78, 5) is 15.3. The van der Waals surface area contributed by atoms with Gasteiger partial charge in [-0.3, -0.25) is 4.90 Å². The summed E-state index contributed by atoms with van der Waals surface area (Å²) in [5.41, 5.74) is 7.46. The second kappa shape index (κ2) is 9.76. The smallest absolute Gasteiger partial charge is 0.155 e. The van der Waals surface area contributed by atoms with Crippen LogP contribution in [-0.4, -0.2) is 71.2 Å². The Bertz CT molecular complexity index is 1040. The zero-order chi connectivity index (χ0) is 22.9. The summed E-state index contributed by atoms with van der Waals surface area (Å²) in [5, 5.41) is 4.68. The van der Waals surface area contributed by atoms with E-state index in [2.05, 4.69) is 27.5 Å². The van der Waals surface area contributed by atoms with Crippen LogP contribution >= 0.6 is 0 Å². The zero-order valence-electron chi connectivity index (χ0n) is 20.2. The van der Waals surface area contributed by atoms with Crippen molar-refractivity contribution in [2.75, 3.05) is 51.4 Å². The van der Waals surface area contributed by atoms with E-state index in [0.29, 0.717) is 0 Å². The molecule has 2 aromatic heterocycles. The average molecular weight is 464 g/mol. The summed E-state index contributed by atoms with van der Waals surface area (Å²) >= 11 is 0. The fraction of sp³-hybridized carbons (Fsp3) is 0.615. The standard InChI is InChI=1S/C26H35N6O2/c1-33-15-13-30-10-9-22-23(18-30)28-25(21-16-27-32(17-21)24-4-2-3-14-34-24)26(29-22)31-11-7-20(8-12-31)19-5-6-19/h5,16-17,24H,2-4,6-15,18H2,1H3. The highest BCUT2D eigenvalue weighted by molar-refractivity contribution is 5.72. The van der Waals surface area contributed by atoms with Gasteiger partial charge in [0.15, 0.2) is 5.82 Å². The van der Waals surface area contributed by atoms with Crippen LogP contribution < -0.4 is 4.90 Å². The lowest BCUT2D eigenvalue weighted by molar-refractivity contribution is -0.0394. The predicted octanol–water partition coefficient (Wildman–Crippen LogP) is 3.55. The van der Waals surface area contributed by atoms with E-state index in [4.69, 9.17) is 19.4 Å². The number of nitrogens with zero attached hydrogens (tertiary/aromatic N) is 6. The van der Waals surface area contributed by atoms with Crippen molar-refractivity contribution >= 4 is 5.82 Å². The first-order valence-electron chi connectivity index (χ1n) is 12.8. The number of hydrogen-bond donors (Lipinski definition) is 0. The predicted molar refractivity (Wildman–Crippen MR) is 130 cm³/mol. The molecule has 1 unspecified atom stereocenters. The first-order valence-corrected chi connectivity index (χ1v) is 12.8. The minimum Gasteiger partial charge on any atom is -0.383 e. The first kappa shape index (κ1) is 22.2. The largest absolute Gasteiger partial charge is 0.383 e. The quantitative estimate of drug-likeness (QED) is 0.649. The van der Waals surface area contributed by atoms with E-state index in [1.54, 1.807) is 18.3 Å². The van der Waals surface area contributed by atoms with Crippen LogP contribution in [0.3, 0.4) is 0 Å². The molecule has 0 amide bonds. The van der Waals surface area contributed by atoms with Crippen LogP contribution in [0.15, 0.2) is 23.5 Å². The minimum absolute atomic E-state index is 0.0278. The van der Waals surface area contributed by atoms with Gasteiger partial charge in [0, 0.05) is 64.6 Å². The van der Waals surface area contributed by atoms with Crippen molar-refractivity contribution in [3.8, 4) is 11.3 Å². The van der Waals surface area contributed by atoms with Crippen LogP contribution in [0.25, 0.3) is 11.3 Å². The molecular formula is C26H35N6O2. The number of hydrogen-bond acceptors (Lipinski definition) is 7. The molecule has 0 aromatic carbocycles. The lowest BCUT2D eigenvalue weighted by Crippen LogP contribution is -2.36. The van der Waals surface area contributed by atoms with Gasteiger partial charge < -0.3 is 14.4 Å². The Hall–Kier alpha value is -2.29. The number of ether oxygens (including phenoxy) is 2. The molecule has 0 spiro atoms. The van der Waals surface area contributed by atoms with Crippen molar-refractivity contribution in [2.45, 2.75) is 57.7 Å². The Balaban J connectivity index is 1.31. The first-order chi connectivity index (χ1) is 16.8. The number of anilines is 1. The highest BCUT2D eigenvalue weighted by atomic mass is 16.5. The van der Waals surface area contributed by atoms with E-state index in [-0.39, 0.29) is 6.23 Å². The van der Waals surface area contributed by atoms with E-state index < -0.39 is 0 Å². The van der Waals surface area contributed by atoms with Crippen LogP contribution in [0, 0.1) is 6.42 Å². The van der Waals surface area contributed by atoms with Crippen LogP contribution in [0.4, 0.5) is 5.82 Å². The molecule has 2 saturated heterocycles.